The van der Waals surface area contributed by atoms with Crippen LogP contribution in [0.15, 0.2) is 22.7 Å². The molecule has 1 fully saturated rings. The summed E-state index contributed by atoms with van der Waals surface area (Å²) in [5.41, 5.74) is 7.28. The Balaban J connectivity index is 1.78. The number of nitrogens with two attached hydrogens (primary N) is 1. The van der Waals surface area contributed by atoms with Crippen molar-refractivity contribution >= 4 is 15.9 Å². The quantitative estimate of drug-likeness (QED) is 0.855. The summed E-state index contributed by atoms with van der Waals surface area (Å²) in [6.07, 6.45) is 8.73. The van der Waals surface area contributed by atoms with Gasteiger partial charge in [-0.25, -0.2) is 4.39 Å². The number of hydrogen-bond donors (Lipinski definition) is 1. The first kappa shape index (κ1) is 14.0. The molecule has 3 heteroatoms. The minimum Gasteiger partial charge on any atom is -0.327 e. The summed E-state index contributed by atoms with van der Waals surface area (Å²) < 4.78 is 13.6. The van der Waals surface area contributed by atoms with Crippen molar-refractivity contribution in [3.63, 3.8) is 0 Å². The van der Waals surface area contributed by atoms with E-state index >= 15 is 0 Å². The van der Waals surface area contributed by atoms with E-state index in [9.17, 15) is 4.39 Å². The van der Waals surface area contributed by atoms with Gasteiger partial charge in [0.15, 0.2) is 0 Å². The standard InChI is InChI=1S/C15H21BrFN/c16-14-10-12(6-8-15(14)17)9-13(18)7-5-11-3-1-2-4-11/h6,8,10-11,13H,1-5,7,9,18H2. The fraction of sp³-hybridized carbons (Fsp3) is 0.600. The fourth-order valence-electron chi connectivity index (χ4n) is 2.82. The van der Waals surface area contributed by atoms with Gasteiger partial charge in [0.25, 0.3) is 0 Å². The Hall–Kier alpha value is -0.410. The Kier molecular flexibility index (Phi) is 5.19. The van der Waals surface area contributed by atoms with Crippen LogP contribution in [-0.2, 0) is 6.42 Å². The van der Waals surface area contributed by atoms with Gasteiger partial charge >= 0.3 is 0 Å². The minimum atomic E-state index is -0.210. The molecule has 18 heavy (non-hydrogen) atoms. The van der Waals surface area contributed by atoms with Crippen LogP contribution in [0.3, 0.4) is 0 Å². The van der Waals surface area contributed by atoms with Crippen molar-refractivity contribution in [1.82, 2.24) is 0 Å². The average Bonchev–Trinajstić information content (AvgIpc) is 2.84. The van der Waals surface area contributed by atoms with Crippen molar-refractivity contribution in [3.8, 4) is 0 Å². The van der Waals surface area contributed by atoms with E-state index < -0.39 is 0 Å². The maximum Gasteiger partial charge on any atom is 0.137 e. The first-order valence-electron chi connectivity index (χ1n) is 6.84. The summed E-state index contributed by atoms with van der Waals surface area (Å²) in [4.78, 5) is 0. The lowest BCUT2D eigenvalue weighted by Gasteiger charge is -2.15. The Morgan fingerprint density at radius 2 is 2.06 bits per heavy atom. The predicted molar refractivity (Wildman–Crippen MR) is 77.0 cm³/mol. The van der Waals surface area contributed by atoms with Crippen molar-refractivity contribution < 1.29 is 4.39 Å². The lowest BCUT2D eigenvalue weighted by atomic mass is 9.95. The summed E-state index contributed by atoms with van der Waals surface area (Å²) in [6, 6.07) is 5.37. The molecule has 2 N–H and O–H groups in total. The maximum atomic E-state index is 13.1. The van der Waals surface area contributed by atoms with E-state index in [1.165, 1.54) is 38.2 Å². The van der Waals surface area contributed by atoms with E-state index in [0.717, 1.165) is 24.3 Å². The topological polar surface area (TPSA) is 26.0 Å². The Labute approximate surface area is 117 Å². The van der Waals surface area contributed by atoms with Gasteiger partial charge in [-0.2, -0.15) is 0 Å². The van der Waals surface area contributed by atoms with E-state index in [4.69, 9.17) is 5.73 Å². The molecule has 1 unspecified atom stereocenters. The van der Waals surface area contributed by atoms with Gasteiger partial charge in [0.2, 0.25) is 0 Å². The van der Waals surface area contributed by atoms with Gasteiger partial charge in [-0.1, -0.05) is 31.7 Å². The monoisotopic (exact) mass is 313 g/mol. The lowest BCUT2D eigenvalue weighted by molar-refractivity contribution is 0.447. The number of hydrogen-bond acceptors (Lipinski definition) is 1. The molecule has 1 aromatic rings. The van der Waals surface area contributed by atoms with Crippen LogP contribution >= 0.6 is 15.9 Å². The van der Waals surface area contributed by atoms with Gasteiger partial charge in [0.1, 0.15) is 5.82 Å². The van der Waals surface area contributed by atoms with Crippen LogP contribution < -0.4 is 5.73 Å². The summed E-state index contributed by atoms with van der Waals surface area (Å²) in [6.45, 7) is 0. The van der Waals surface area contributed by atoms with Crippen LogP contribution in [0, 0.1) is 11.7 Å². The van der Waals surface area contributed by atoms with E-state index in [1.54, 1.807) is 0 Å². The molecule has 1 aromatic carbocycles. The molecule has 0 bridgehead atoms. The zero-order valence-electron chi connectivity index (χ0n) is 10.7. The Morgan fingerprint density at radius 3 is 2.72 bits per heavy atom. The first-order valence-corrected chi connectivity index (χ1v) is 7.64. The molecule has 0 saturated heterocycles. The molecular weight excluding hydrogens is 293 g/mol. The second-order valence-electron chi connectivity index (χ2n) is 5.44. The smallest absolute Gasteiger partial charge is 0.137 e. The molecule has 0 amide bonds. The largest absolute Gasteiger partial charge is 0.327 e. The highest BCUT2D eigenvalue weighted by Crippen LogP contribution is 2.29. The zero-order valence-corrected chi connectivity index (χ0v) is 12.3. The second-order valence-corrected chi connectivity index (χ2v) is 6.29. The summed E-state index contributed by atoms with van der Waals surface area (Å²) >= 11 is 3.21. The maximum absolute atomic E-state index is 13.1. The van der Waals surface area contributed by atoms with Crippen molar-refractivity contribution in [2.24, 2.45) is 11.7 Å². The van der Waals surface area contributed by atoms with Gasteiger partial charge in [-0.3, -0.25) is 0 Å². The molecule has 100 valence electrons. The highest BCUT2D eigenvalue weighted by Gasteiger charge is 2.16. The predicted octanol–water partition coefficient (Wildman–Crippen LogP) is 4.43. The van der Waals surface area contributed by atoms with E-state index in [1.807, 2.05) is 12.1 Å². The molecule has 2 rings (SSSR count). The van der Waals surface area contributed by atoms with E-state index in [0.29, 0.717) is 4.47 Å². The van der Waals surface area contributed by atoms with Crippen LogP contribution in [0.1, 0.15) is 44.1 Å². The van der Waals surface area contributed by atoms with Crippen molar-refractivity contribution in [2.75, 3.05) is 0 Å². The molecule has 0 aromatic heterocycles. The van der Waals surface area contributed by atoms with Crippen molar-refractivity contribution in [1.29, 1.82) is 0 Å². The van der Waals surface area contributed by atoms with Gasteiger partial charge in [0.05, 0.1) is 4.47 Å². The zero-order chi connectivity index (χ0) is 13.0. The second kappa shape index (κ2) is 6.67. The summed E-state index contributed by atoms with van der Waals surface area (Å²) in [5.74, 6) is 0.689. The third-order valence-electron chi connectivity index (χ3n) is 3.90. The number of rotatable bonds is 5. The van der Waals surface area contributed by atoms with Crippen LogP contribution in [0.4, 0.5) is 4.39 Å². The molecule has 1 aliphatic rings. The van der Waals surface area contributed by atoms with Crippen molar-refractivity contribution in [2.45, 2.75) is 51.0 Å². The molecule has 0 radical (unpaired) electrons. The van der Waals surface area contributed by atoms with Crippen LogP contribution in [0.5, 0.6) is 0 Å². The number of benzene rings is 1. The van der Waals surface area contributed by atoms with Gasteiger partial charge in [-0.15, -0.1) is 0 Å². The molecule has 0 aliphatic heterocycles. The van der Waals surface area contributed by atoms with Gasteiger partial charge in [-0.05, 0) is 58.8 Å². The normalized spacial score (nSPS) is 18.2. The third kappa shape index (κ3) is 4.06. The lowest BCUT2D eigenvalue weighted by Crippen LogP contribution is -2.23. The molecule has 1 saturated carbocycles. The summed E-state index contributed by atoms with van der Waals surface area (Å²) in [5, 5.41) is 0. The SMILES string of the molecule is NC(CCC1CCCC1)Cc1ccc(F)c(Br)c1. The van der Waals surface area contributed by atoms with Crippen molar-refractivity contribution in [3.05, 3.63) is 34.1 Å². The highest BCUT2D eigenvalue weighted by molar-refractivity contribution is 9.10. The molecule has 0 heterocycles. The van der Waals surface area contributed by atoms with Crippen LogP contribution in [0.2, 0.25) is 0 Å². The third-order valence-corrected chi connectivity index (χ3v) is 4.51. The first-order chi connectivity index (χ1) is 8.65. The van der Waals surface area contributed by atoms with Gasteiger partial charge < -0.3 is 5.73 Å². The average molecular weight is 314 g/mol. The number of halogens is 2. The van der Waals surface area contributed by atoms with Crippen LogP contribution in [0.25, 0.3) is 0 Å². The Morgan fingerprint density at radius 1 is 1.33 bits per heavy atom. The molecule has 1 atom stereocenters. The Bertz CT molecular complexity index is 388. The van der Waals surface area contributed by atoms with Crippen LogP contribution in [-0.4, -0.2) is 6.04 Å². The molecular formula is C15H21BrFN. The highest BCUT2D eigenvalue weighted by atomic mass is 79.9. The van der Waals surface area contributed by atoms with Gasteiger partial charge in [0, 0.05) is 6.04 Å². The molecule has 0 spiro atoms. The fourth-order valence-corrected chi connectivity index (χ4v) is 3.25. The van der Waals surface area contributed by atoms with E-state index in [2.05, 4.69) is 15.9 Å². The molecule has 1 nitrogen and oxygen atoms in total. The minimum absolute atomic E-state index is 0.197. The molecule has 1 aliphatic carbocycles. The van der Waals surface area contributed by atoms with E-state index in [-0.39, 0.29) is 11.9 Å². The summed E-state index contributed by atoms with van der Waals surface area (Å²) in [7, 11) is 0.